The van der Waals surface area contributed by atoms with Crippen molar-refractivity contribution in [3.63, 3.8) is 0 Å². The molecule has 0 radical (unpaired) electrons. The molecule has 1 aliphatic heterocycles. The Hall–Kier alpha value is -1.90. The molecular weight excluding hydrogens is 430 g/mol. The Morgan fingerprint density at radius 2 is 1.71 bits per heavy atom. The van der Waals surface area contributed by atoms with Crippen LogP contribution in [0.1, 0.15) is 37.7 Å². The van der Waals surface area contributed by atoms with Crippen molar-refractivity contribution in [3.05, 3.63) is 47.3 Å². The minimum absolute atomic E-state index is 0.143. The lowest BCUT2D eigenvalue weighted by Crippen LogP contribution is -2.50. The Bertz CT molecular complexity index is 944. The molecule has 0 unspecified atom stereocenters. The van der Waals surface area contributed by atoms with Crippen LogP contribution >= 0.6 is 11.3 Å². The molecule has 1 aliphatic carbocycles. The molecule has 0 bridgehead atoms. The predicted molar refractivity (Wildman–Crippen MR) is 125 cm³/mol. The van der Waals surface area contributed by atoms with Crippen molar-refractivity contribution in [1.82, 2.24) is 9.80 Å². The van der Waals surface area contributed by atoms with E-state index in [4.69, 9.17) is 0 Å². The zero-order valence-corrected chi connectivity index (χ0v) is 19.5. The molecule has 1 aromatic carbocycles. The third kappa shape index (κ3) is 6.08. The predicted octanol–water partition coefficient (Wildman–Crippen LogP) is 3.82. The molecule has 0 atom stereocenters. The number of rotatable bonds is 7. The van der Waals surface area contributed by atoms with Crippen molar-refractivity contribution in [2.45, 2.75) is 42.7 Å². The van der Waals surface area contributed by atoms with Gasteiger partial charge in [0, 0.05) is 38.4 Å². The Labute approximate surface area is 189 Å². The number of hydrogen-bond donors (Lipinski definition) is 1. The molecular formula is C23H31N3O3S2. The van der Waals surface area contributed by atoms with Crippen LogP contribution in [0.2, 0.25) is 0 Å². The molecule has 1 N–H and O–H groups in total. The van der Waals surface area contributed by atoms with Gasteiger partial charge in [0.05, 0.1) is 6.42 Å². The lowest BCUT2D eigenvalue weighted by Gasteiger charge is -2.37. The van der Waals surface area contributed by atoms with E-state index in [0.717, 1.165) is 37.7 Å². The number of hydrogen-bond acceptors (Lipinski definition) is 5. The Balaban J connectivity index is 1.24. The van der Waals surface area contributed by atoms with E-state index < -0.39 is 10.0 Å². The summed E-state index contributed by atoms with van der Waals surface area (Å²) in [5.74, 6) is 0.982. The maximum atomic E-state index is 12.7. The number of sulfonamides is 1. The molecule has 8 heteroatoms. The number of carbonyl (C=O) groups is 1. The first-order chi connectivity index (χ1) is 15.0. The average molecular weight is 462 g/mol. The van der Waals surface area contributed by atoms with E-state index in [9.17, 15) is 13.2 Å². The Morgan fingerprint density at radius 3 is 2.35 bits per heavy atom. The second kappa shape index (κ2) is 10.1. The number of nitrogens with zero attached hydrogens (tertiary/aromatic N) is 2. The summed E-state index contributed by atoms with van der Waals surface area (Å²) in [4.78, 5) is 17.2. The maximum absolute atomic E-state index is 12.7. The van der Waals surface area contributed by atoms with Crippen LogP contribution in [0.4, 0.5) is 5.69 Å². The molecule has 0 spiro atoms. The van der Waals surface area contributed by atoms with Gasteiger partial charge in [-0.25, -0.2) is 8.42 Å². The third-order valence-corrected chi connectivity index (χ3v) is 9.07. The van der Waals surface area contributed by atoms with Gasteiger partial charge in [0.2, 0.25) is 5.91 Å². The van der Waals surface area contributed by atoms with E-state index in [1.807, 2.05) is 17.0 Å². The van der Waals surface area contributed by atoms with Gasteiger partial charge in [0.15, 0.2) is 0 Å². The van der Waals surface area contributed by atoms with Crippen molar-refractivity contribution < 1.29 is 13.2 Å². The van der Waals surface area contributed by atoms with Gasteiger partial charge in [-0.05, 0) is 47.9 Å². The molecule has 2 aliphatic rings. The summed E-state index contributed by atoms with van der Waals surface area (Å²) in [5.41, 5.74) is 1.40. The fraction of sp³-hybridized carbons (Fsp3) is 0.522. The summed E-state index contributed by atoms with van der Waals surface area (Å²) in [6.45, 7) is 4.71. The molecule has 1 aromatic heterocycles. The highest BCUT2D eigenvalue weighted by Gasteiger charge is 2.24. The smallest absolute Gasteiger partial charge is 0.271 e. The number of benzene rings is 1. The van der Waals surface area contributed by atoms with Crippen LogP contribution in [0, 0.1) is 5.92 Å². The summed E-state index contributed by atoms with van der Waals surface area (Å²) in [6.07, 6.45) is 7.20. The monoisotopic (exact) mass is 461 g/mol. The molecule has 168 valence electrons. The molecule has 1 amide bonds. The number of thiophene rings is 1. The standard InChI is InChI=1S/C23H31N3O3S2/c27-22(26-14-12-25(13-15-26)18-20-5-2-1-3-6-20)17-19-8-10-21(11-9-19)24-31(28,29)23-7-4-16-30-23/h4,7-11,16,20,24H,1-3,5-6,12-15,17-18H2. The first-order valence-corrected chi connectivity index (χ1v) is 13.5. The number of carbonyl (C=O) groups excluding carboxylic acids is 1. The highest BCUT2D eigenvalue weighted by molar-refractivity contribution is 7.94. The quantitative estimate of drug-likeness (QED) is 0.681. The van der Waals surface area contributed by atoms with Gasteiger partial charge >= 0.3 is 0 Å². The van der Waals surface area contributed by atoms with Crippen LogP contribution in [-0.2, 0) is 21.2 Å². The van der Waals surface area contributed by atoms with Gasteiger partial charge in [0.25, 0.3) is 10.0 Å². The average Bonchev–Trinajstić information content (AvgIpc) is 3.32. The topological polar surface area (TPSA) is 69.7 Å². The van der Waals surface area contributed by atoms with E-state index >= 15 is 0 Å². The summed E-state index contributed by atoms with van der Waals surface area (Å²) >= 11 is 1.18. The molecule has 2 fully saturated rings. The highest BCUT2D eigenvalue weighted by Crippen LogP contribution is 2.25. The molecule has 2 heterocycles. The fourth-order valence-electron chi connectivity index (χ4n) is 4.51. The van der Waals surface area contributed by atoms with E-state index in [1.54, 1.807) is 29.6 Å². The molecule has 1 saturated heterocycles. The molecule has 4 rings (SSSR count). The van der Waals surface area contributed by atoms with Crippen molar-refractivity contribution in [2.24, 2.45) is 5.92 Å². The van der Waals surface area contributed by atoms with E-state index in [2.05, 4.69) is 9.62 Å². The van der Waals surface area contributed by atoms with Crippen LogP contribution in [0.25, 0.3) is 0 Å². The summed E-state index contributed by atoms with van der Waals surface area (Å²) in [5, 5.41) is 1.74. The Morgan fingerprint density at radius 1 is 1.00 bits per heavy atom. The van der Waals surface area contributed by atoms with Gasteiger partial charge in [-0.2, -0.15) is 0 Å². The molecule has 31 heavy (non-hydrogen) atoms. The van der Waals surface area contributed by atoms with Crippen molar-refractivity contribution in [1.29, 1.82) is 0 Å². The summed E-state index contributed by atoms with van der Waals surface area (Å²) in [6, 6.07) is 10.4. The fourth-order valence-corrected chi connectivity index (χ4v) is 6.57. The minimum Gasteiger partial charge on any atom is -0.340 e. The van der Waals surface area contributed by atoms with Gasteiger partial charge in [-0.15, -0.1) is 11.3 Å². The van der Waals surface area contributed by atoms with Crippen LogP contribution in [0.3, 0.4) is 0 Å². The normalized spacial score (nSPS) is 18.8. The zero-order chi connectivity index (χ0) is 21.7. The number of nitrogens with one attached hydrogen (secondary N) is 1. The second-order valence-corrected chi connectivity index (χ2v) is 11.5. The first-order valence-electron chi connectivity index (χ1n) is 11.1. The molecule has 1 saturated carbocycles. The van der Waals surface area contributed by atoms with Crippen molar-refractivity contribution in [3.8, 4) is 0 Å². The van der Waals surface area contributed by atoms with E-state index in [0.29, 0.717) is 12.1 Å². The largest absolute Gasteiger partial charge is 0.340 e. The van der Waals surface area contributed by atoms with Gasteiger partial charge < -0.3 is 4.90 Å². The van der Waals surface area contributed by atoms with E-state index in [1.165, 1.54) is 50.0 Å². The van der Waals surface area contributed by atoms with Crippen molar-refractivity contribution >= 4 is 33.0 Å². The van der Waals surface area contributed by atoms with Crippen LogP contribution < -0.4 is 4.72 Å². The van der Waals surface area contributed by atoms with Gasteiger partial charge in [-0.3, -0.25) is 14.4 Å². The third-order valence-electron chi connectivity index (χ3n) is 6.29. The van der Waals surface area contributed by atoms with Crippen LogP contribution in [0.5, 0.6) is 0 Å². The lowest BCUT2D eigenvalue weighted by molar-refractivity contribution is -0.132. The van der Waals surface area contributed by atoms with Gasteiger partial charge in [-0.1, -0.05) is 37.5 Å². The van der Waals surface area contributed by atoms with Gasteiger partial charge in [0.1, 0.15) is 4.21 Å². The summed E-state index contributed by atoms with van der Waals surface area (Å²) < 4.78 is 27.5. The SMILES string of the molecule is O=C(Cc1ccc(NS(=O)(=O)c2cccs2)cc1)N1CCN(CC2CCCCC2)CC1. The number of amides is 1. The van der Waals surface area contributed by atoms with Crippen LogP contribution in [-0.4, -0.2) is 56.8 Å². The minimum atomic E-state index is -3.55. The second-order valence-electron chi connectivity index (χ2n) is 8.60. The summed E-state index contributed by atoms with van der Waals surface area (Å²) in [7, 11) is -3.55. The maximum Gasteiger partial charge on any atom is 0.271 e. The molecule has 6 nitrogen and oxygen atoms in total. The van der Waals surface area contributed by atoms with E-state index in [-0.39, 0.29) is 10.1 Å². The number of piperazine rings is 1. The van der Waals surface area contributed by atoms with Crippen molar-refractivity contribution in [2.75, 3.05) is 37.4 Å². The highest BCUT2D eigenvalue weighted by atomic mass is 32.2. The zero-order valence-electron chi connectivity index (χ0n) is 17.8. The Kier molecular flexibility index (Phi) is 7.30. The lowest BCUT2D eigenvalue weighted by atomic mass is 9.89. The molecule has 2 aromatic rings. The first kappa shape index (κ1) is 22.3. The number of anilines is 1. The van der Waals surface area contributed by atoms with Crippen LogP contribution in [0.15, 0.2) is 46.0 Å².